The number of aryl methyl sites for hydroxylation is 1. The Bertz CT molecular complexity index is 1090. The third-order valence-corrected chi connectivity index (χ3v) is 4.88. The molecule has 0 aliphatic carbocycles. The van der Waals surface area contributed by atoms with Gasteiger partial charge in [0.25, 0.3) is 5.91 Å². The van der Waals surface area contributed by atoms with E-state index in [0.29, 0.717) is 24.5 Å². The Labute approximate surface area is 186 Å². The lowest BCUT2D eigenvalue weighted by Crippen LogP contribution is -2.36. The number of carbonyl (C=O) groups excluding carboxylic acids is 1. The fourth-order valence-electron chi connectivity index (χ4n) is 3.23. The van der Waals surface area contributed by atoms with Crippen LogP contribution in [0.4, 0.5) is 13.2 Å². The van der Waals surface area contributed by atoms with Gasteiger partial charge in [-0.15, -0.1) is 0 Å². The highest BCUT2D eigenvalue weighted by atomic mass is 19.4. The number of aliphatic carboxylic acids is 1. The Hall–Kier alpha value is -3.61. The number of rotatable bonds is 5. The second kappa shape index (κ2) is 9.90. The van der Waals surface area contributed by atoms with Crippen molar-refractivity contribution in [2.45, 2.75) is 45.7 Å². The van der Waals surface area contributed by atoms with Crippen molar-refractivity contribution in [2.75, 3.05) is 6.54 Å². The lowest BCUT2D eigenvalue weighted by atomic mass is 10.2. The van der Waals surface area contributed by atoms with Gasteiger partial charge in [0, 0.05) is 31.9 Å². The number of aromatic nitrogens is 3. The number of carboxylic acid groups (broad SMARTS) is 1. The minimum atomic E-state index is -5.08. The molecule has 178 valence electrons. The summed E-state index contributed by atoms with van der Waals surface area (Å²) in [6.07, 6.45) is -1.68. The van der Waals surface area contributed by atoms with E-state index >= 15 is 0 Å². The largest absolute Gasteiger partial charge is 0.490 e. The van der Waals surface area contributed by atoms with Crippen LogP contribution in [0.15, 0.2) is 39.6 Å². The van der Waals surface area contributed by atoms with Crippen molar-refractivity contribution in [2.24, 2.45) is 0 Å². The number of fused-ring (bicyclic) bond motifs is 1. The number of carbonyl (C=O) groups is 2. The maximum Gasteiger partial charge on any atom is 0.490 e. The number of alkyl halides is 3. The van der Waals surface area contributed by atoms with Gasteiger partial charge in [0.05, 0.1) is 24.5 Å². The van der Waals surface area contributed by atoms with Gasteiger partial charge in [-0.25, -0.2) is 9.78 Å². The van der Waals surface area contributed by atoms with Crippen LogP contribution in [0.1, 0.15) is 46.5 Å². The minimum absolute atomic E-state index is 0.0902. The first-order valence-electron chi connectivity index (χ1n) is 9.88. The van der Waals surface area contributed by atoms with Gasteiger partial charge in [0.15, 0.2) is 0 Å². The number of halogens is 3. The Morgan fingerprint density at radius 2 is 2.06 bits per heavy atom. The molecule has 1 atom stereocenters. The molecule has 1 aliphatic heterocycles. The van der Waals surface area contributed by atoms with E-state index in [-0.39, 0.29) is 11.9 Å². The molecule has 0 saturated heterocycles. The zero-order chi connectivity index (χ0) is 24.2. The molecular weight excluding hydrogens is 447 g/mol. The maximum atomic E-state index is 12.4. The van der Waals surface area contributed by atoms with E-state index in [2.05, 4.69) is 31.8 Å². The van der Waals surface area contributed by atoms with E-state index in [4.69, 9.17) is 18.8 Å². The van der Waals surface area contributed by atoms with E-state index in [9.17, 15) is 18.0 Å². The highest BCUT2D eigenvalue weighted by Crippen LogP contribution is 2.26. The van der Waals surface area contributed by atoms with E-state index in [0.717, 1.165) is 30.4 Å². The summed E-state index contributed by atoms with van der Waals surface area (Å²) >= 11 is 0. The van der Waals surface area contributed by atoms with Crippen LogP contribution in [0.3, 0.4) is 0 Å². The van der Waals surface area contributed by atoms with E-state index in [1.807, 2.05) is 25.3 Å². The Morgan fingerprint density at radius 1 is 1.33 bits per heavy atom. The molecule has 1 aliphatic rings. The summed E-state index contributed by atoms with van der Waals surface area (Å²) in [5, 5.41) is 14.0. The number of imidazole rings is 1. The van der Waals surface area contributed by atoms with Crippen molar-refractivity contribution >= 4 is 11.9 Å². The van der Waals surface area contributed by atoms with Crippen LogP contribution in [0, 0.1) is 6.92 Å². The average molecular weight is 469 g/mol. The summed E-state index contributed by atoms with van der Waals surface area (Å²) in [7, 11) is 0. The molecule has 0 spiro atoms. The second-order valence-corrected chi connectivity index (χ2v) is 7.32. The van der Waals surface area contributed by atoms with Gasteiger partial charge < -0.3 is 23.9 Å². The topological polar surface area (TPSA) is 127 Å². The molecule has 10 nitrogen and oxygen atoms in total. The molecule has 0 bridgehead atoms. The molecule has 2 N–H and O–H groups in total. The molecule has 3 aromatic rings. The van der Waals surface area contributed by atoms with Crippen LogP contribution in [0.2, 0.25) is 0 Å². The average Bonchev–Trinajstić information content (AvgIpc) is 3.49. The molecule has 4 rings (SSSR count). The lowest BCUT2D eigenvalue weighted by molar-refractivity contribution is -0.192. The molecule has 1 unspecified atom stereocenters. The number of furan rings is 1. The monoisotopic (exact) mass is 469 g/mol. The van der Waals surface area contributed by atoms with E-state index in [1.54, 1.807) is 12.3 Å². The van der Waals surface area contributed by atoms with E-state index in [1.165, 1.54) is 0 Å². The van der Waals surface area contributed by atoms with Gasteiger partial charge in [0.2, 0.25) is 0 Å². The summed E-state index contributed by atoms with van der Waals surface area (Å²) in [6.45, 7) is 6.68. The van der Waals surface area contributed by atoms with Crippen LogP contribution in [0.25, 0.3) is 0 Å². The maximum absolute atomic E-state index is 12.4. The molecular formula is C20H22F3N5O5. The van der Waals surface area contributed by atoms with E-state index < -0.39 is 12.1 Å². The normalized spacial score (nSPS) is 16.0. The van der Waals surface area contributed by atoms with Crippen molar-refractivity contribution in [3.05, 3.63) is 59.4 Å². The number of nitrogens with one attached hydrogen (secondary N) is 1. The zero-order valence-electron chi connectivity index (χ0n) is 17.8. The molecule has 3 aromatic heterocycles. The fourth-order valence-corrected chi connectivity index (χ4v) is 3.23. The summed E-state index contributed by atoms with van der Waals surface area (Å²) in [4.78, 5) is 28.1. The predicted molar refractivity (Wildman–Crippen MR) is 106 cm³/mol. The Balaban J connectivity index is 0.000000383. The lowest BCUT2D eigenvalue weighted by Gasteiger charge is -2.32. The van der Waals surface area contributed by atoms with Crippen molar-refractivity contribution in [1.82, 2.24) is 24.9 Å². The Morgan fingerprint density at radius 3 is 2.64 bits per heavy atom. The third kappa shape index (κ3) is 6.22. The van der Waals surface area contributed by atoms with Gasteiger partial charge in [-0.05, 0) is 26.0 Å². The van der Waals surface area contributed by atoms with Crippen LogP contribution < -0.4 is 5.32 Å². The molecule has 0 aromatic carbocycles. The number of nitrogens with zero attached hydrogens (tertiary/aromatic N) is 4. The molecule has 0 saturated carbocycles. The number of carboxylic acids is 1. The van der Waals surface area contributed by atoms with Crippen LogP contribution >= 0.6 is 0 Å². The Kier molecular flexibility index (Phi) is 7.21. The first-order chi connectivity index (χ1) is 15.5. The summed E-state index contributed by atoms with van der Waals surface area (Å²) in [6, 6.07) is 5.65. The summed E-state index contributed by atoms with van der Waals surface area (Å²) in [5.74, 6) is -0.548. The molecule has 0 fully saturated rings. The van der Waals surface area contributed by atoms with Crippen LogP contribution in [-0.2, 0) is 24.4 Å². The van der Waals surface area contributed by atoms with Gasteiger partial charge in [0.1, 0.15) is 23.0 Å². The van der Waals surface area contributed by atoms with Gasteiger partial charge >= 0.3 is 12.1 Å². The fraction of sp³-hybridized carbons (Fsp3) is 0.400. The van der Waals surface area contributed by atoms with Gasteiger partial charge in [-0.3, -0.25) is 9.69 Å². The summed E-state index contributed by atoms with van der Waals surface area (Å²) < 4.78 is 44.2. The second-order valence-electron chi connectivity index (χ2n) is 7.32. The SMILES string of the molecule is Cc1cc(CN2CCn3cc(C(=O)NCc4ccco4)nc3C2C)no1.O=C(O)C(F)(F)F. The van der Waals surface area contributed by atoms with Crippen LogP contribution in [0.5, 0.6) is 0 Å². The zero-order valence-corrected chi connectivity index (χ0v) is 17.8. The first kappa shape index (κ1) is 24.0. The van der Waals surface area contributed by atoms with Crippen molar-refractivity contribution in [3.8, 4) is 0 Å². The van der Waals surface area contributed by atoms with Crippen LogP contribution in [-0.4, -0.2) is 49.3 Å². The molecule has 33 heavy (non-hydrogen) atoms. The summed E-state index contributed by atoms with van der Waals surface area (Å²) in [5.41, 5.74) is 1.34. The molecule has 13 heteroatoms. The predicted octanol–water partition coefficient (Wildman–Crippen LogP) is 2.91. The highest BCUT2D eigenvalue weighted by molar-refractivity contribution is 5.92. The van der Waals surface area contributed by atoms with Crippen molar-refractivity contribution < 1.29 is 36.8 Å². The third-order valence-electron chi connectivity index (χ3n) is 4.88. The molecule has 1 amide bonds. The number of amides is 1. The minimum Gasteiger partial charge on any atom is -0.475 e. The standard InChI is InChI=1S/C18H21N5O3.C2HF3O2/c1-12-8-14(21-26-12)10-22-5-6-23-11-16(20-17(23)13(22)2)18(24)19-9-15-4-3-7-25-15;3-2(4,5)1(6)7/h3-4,7-8,11,13H,5-6,9-10H2,1-2H3,(H,19,24);(H,6,7). The van der Waals surface area contributed by atoms with Gasteiger partial charge in [-0.1, -0.05) is 5.16 Å². The first-order valence-corrected chi connectivity index (χ1v) is 9.88. The number of hydrogen-bond acceptors (Lipinski definition) is 7. The van der Waals surface area contributed by atoms with Crippen molar-refractivity contribution in [3.63, 3.8) is 0 Å². The molecule has 0 radical (unpaired) electrons. The molecule has 4 heterocycles. The van der Waals surface area contributed by atoms with Gasteiger partial charge in [-0.2, -0.15) is 13.2 Å². The highest BCUT2D eigenvalue weighted by Gasteiger charge is 2.38. The quantitative estimate of drug-likeness (QED) is 0.584. The van der Waals surface area contributed by atoms with Crippen molar-refractivity contribution in [1.29, 1.82) is 0 Å². The number of hydrogen-bond donors (Lipinski definition) is 2. The smallest absolute Gasteiger partial charge is 0.475 e.